The number of hydrogen-bond donors (Lipinski definition) is 1. The number of carboxylic acids is 1. The Labute approximate surface area is 117 Å². The second-order valence-corrected chi connectivity index (χ2v) is 4.50. The summed E-state index contributed by atoms with van der Waals surface area (Å²) in [7, 11) is 0. The van der Waals surface area contributed by atoms with Gasteiger partial charge >= 0.3 is 12.1 Å². The molecule has 1 aromatic carbocycles. The third-order valence-corrected chi connectivity index (χ3v) is 2.94. The number of amides is 1. The van der Waals surface area contributed by atoms with Crippen molar-refractivity contribution in [2.24, 2.45) is 5.10 Å². The highest BCUT2D eigenvalue weighted by Gasteiger charge is 2.31. The molecule has 0 bridgehead atoms. The number of benzene rings is 1. The molecule has 1 aliphatic rings. The van der Waals surface area contributed by atoms with Crippen LogP contribution in [0.25, 0.3) is 0 Å². The lowest BCUT2D eigenvalue weighted by Crippen LogP contribution is -2.33. The minimum Gasteiger partial charge on any atom is -0.477 e. The number of alkyl halides is 3. The molecule has 0 saturated heterocycles. The largest absolute Gasteiger partial charge is 0.477 e. The van der Waals surface area contributed by atoms with Gasteiger partial charge in [0.2, 0.25) is 5.91 Å². The smallest absolute Gasteiger partial charge is 0.416 e. The Morgan fingerprint density at radius 3 is 2.67 bits per heavy atom. The van der Waals surface area contributed by atoms with Gasteiger partial charge in [0, 0.05) is 12.8 Å². The predicted octanol–water partition coefficient (Wildman–Crippen LogP) is 2.27. The van der Waals surface area contributed by atoms with Gasteiger partial charge in [0.15, 0.2) is 0 Å². The Bertz CT molecular complexity index is 611. The Morgan fingerprint density at radius 2 is 2.05 bits per heavy atom. The fourth-order valence-corrected chi connectivity index (χ4v) is 1.90. The van der Waals surface area contributed by atoms with Crippen molar-refractivity contribution in [3.63, 3.8) is 0 Å². The molecule has 0 fully saturated rings. The highest BCUT2D eigenvalue weighted by Crippen LogP contribution is 2.30. The fourth-order valence-electron chi connectivity index (χ4n) is 1.90. The van der Waals surface area contributed by atoms with E-state index in [2.05, 4.69) is 5.10 Å². The molecule has 0 unspecified atom stereocenters. The van der Waals surface area contributed by atoms with Crippen molar-refractivity contribution >= 4 is 17.6 Å². The van der Waals surface area contributed by atoms with E-state index in [1.54, 1.807) is 0 Å². The normalized spacial score (nSPS) is 15.9. The number of aliphatic carboxylic acids is 1. The number of nitrogens with zero attached hydrogens (tertiary/aromatic N) is 2. The molecule has 1 amide bonds. The van der Waals surface area contributed by atoms with Crippen LogP contribution >= 0.6 is 0 Å². The van der Waals surface area contributed by atoms with E-state index < -0.39 is 23.6 Å². The van der Waals surface area contributed by atoms with Crippen LogP contribution in [0.4, 0.5) is 13.2 Å². The van der Waals surface area contributed by atoms with Crippen molar-refractivity contribution in [3.8, 4) is 0 Å². The third-order valence-electron chi connectivity index (χ3n) is 2.94. The minimum absolute atomic E-state index is 0.0211. The van der Waals surface area contributed by atoms with Crippen LogP contribution in [0.15, 0.2) is 29.4 Å². The molecule has 0 aromatic heterocycles. The number of carboxylic acid groups (broad SMARTS) is 1. The van der Waals surface area contributed by atoms with Gasteiger partial charge in [-0.3, -0.25) is 4.79 Å². The maximum absolute atomic E-state index is 12.6. The Morgan fingerprint density at radius 1 is 1.33 bits per heavy atom. The molecule has 5 nitrogen and oxygen atoms in total. The maximum Gasteiger partial charge on any atom is 0.416 e. The van der Waals surface area contributed by atoms with Gasteiger partial charge in [-0.05, 0) is 17.7 Å². The standard InChI is InChI=1S/C13H11F3N2O3/c14-13(15,16)9-3-1-2-8(6-9)7-18-11(19)5-4-10(17-18)12(20)21/h1-3,6H,4-5,7H2,(H,20,21). The third kappa shape index (κ3) is 3.59. The maximum atomic E-state index is 12.6. The Kier molecular flexibility index (Phi) is 3.97. The summed E-state index contributed by atoms with van der Waals surface area (Å²) in [4.78, 5) is 22.5. The van der Waals surface area contributed by atoms with Crippen LogP contribution in [0, 0.1) is 0 Å². The number of rotatable bonds is 3. The van der Waals surface area contributed by atoms with Crippen molar-refractivity contribution < 1.29 is 27.9 Å². The quantitative estimate of drug-likeness (QED) is 0.931. The zero-order valence-corrected chi connectivity index (χ0v) is 10.7. The van der Waals surface area contributed by atoms with Gasteiger partial charge in [-0.15, -0.1) is 0 Å². The van der Waals surface area contributed by atoms with E-state index in [1.165, 1.54) is 12.1 Å². The molecule has 0 aliphatic carbocycles. The molecule has 21 heavy (non-hydrogen) atoms. The van der Waals surface area contributed by atoms with Gasteiger partial charge in [-0.1, -0.05) is 12.1 Å². The molecule has 0 saturated carbocycles. The second-order valence-electron chi connectivity index (χ2n) is 4.50. The molecule has 2 rings (SSSR count). The molecular weight excluding hydrogens is 289 g/mol. The van der Waals surface area contributed by atoms with E-state index in [1.807, 2.05) is 0 Å². The molecule has 0 radical (unpaired) electrons. The lowest BCUT2D eigenvalue weighted by molar-refractivity contribution is -0.137. The topological polar surface area (TPSA) is 70.0 Å². The summed E-state index contributed by atoms with van der Waals surface area (Å²) in [6.07, 6.45) is -4.48. The number of hydrazone groups is 1. The number of halogens is 3. The summed E-state index contributed by atoms with van der Waals surface area (Å²) in [5.74, 6) is -1.66. The van der Waals surface area contributed by atoms with Crippen LogP contribution in [0.1, 0.15) is 24.0 Å². The van der Waals surface area contributed by atoms with E-state index in [0.717, 1.165) is 17.1 Å². The van der Waals surface area contributed by atoms with E-state index in [0.29, 0.717) is 0 Å². The first-order valence-electron chi connectivity index (χ1n) is 6.04. The molecule has 0 atom stereocenters. The van der Waals surface area contributed by atoms with Gasteiger partial charge in [0.25, 0.3) is 0 Å². The second kappa shape index (κ2) is 5.55. The highest BCUT2D eigenvalue weighted by molar-refractivity contribution is 6.36. The summed E-state index contributed by atoms with van der Waals surface area (Å²) in [6, 6.07) is 4.49. The number of carbonyl (C=O) groups excluding carboxylic acids is 1. The lowest BCUT2D eigenvalue weighted by Gasteiger charge is -2.22. The number of hydrogen-bond acceptors (Lipinski definition) is 3. The summed E-state index contributed by atoms with van der Waals surface area (Å²) >= 11 is 0. The summed E-state index contributed by atoms with van der Waals surface area (Å²) in [6.45, 7) is -0.195. The van der Waals surface area contributed by atoms with Crippen LogP contribution in [0.3, 0.4) is 0 Å². The van der Waals surface area contributed by atoms with Crippen molar-refractivity contribution in [2.45, 2.75) is 25.6 Å². The molecule has 112 valence electrons. The first-order valence-corrected chi connectivity index (χ1v) is 6.04. The van der Waals surface area contributed by atoms with Gasteiger partial charge in [0.1, 0.15) is 5.71 Å². The molecular formula is C13H11F3N2O3. The molecule has 1 aliphatic heterocycles. The minimum atomic E-state index is -4.47. The summed E-state index contributed by atoms with van der Waals surface area (Å²) < 4.78 is 37.8. The average Bonchev–Trinajstić information content (AvgIpc) is 2.40. The fraction of sp³-hybridized carbons (Fsp3) is 0.308. The Balaban J connectivity index is 2.23. The van der Waals surface area contributed by atoms with Crippen LogP contribution in [0.5, 0.6) is 0 Å². The average molecular weight is 300 g/mol. The van der Waals surface area contributed by atoms with Gasteiger partial charge in [-0.2, -0.15) is 18.3 Å². The van der Waals surface area contributed by atoms with Crippen molar-refractivity contribution in [2.75, 3.05) is 0 Å². The van der Waals surface area contributed by atoms with Crippen LogP contribution < -0.4 is 0 Å². The zero-order chi connectivity index (χ0) is 15.6. The monoisotopic (exact) mass is 300 g/mol. The molecule has 1 aromatic rings. The molecule has 0 spiro atoms. The highest BCUT2D eigenvalue weighted by atomic mass is 19.4. The van der Waals surface area contributed by atoms with Crippen molar-refractivity contribution in [1.29, 1.82) is 0 Å². The Hall–Kier alpha value is -2.38. The van der Waals surface area contributed by atoms with Gasteiger partial charge < -0.3 is 5.11 Å². The first-order chi connectivity index (χ1) is 9.77. The first kappa shape index (κ1) is 15.0. The van der Waals surface area contributed by atoms with Gasteiger partial charge in [-0.25, -0.2) is 9.80 Å². The molecule has 1 heterocycles. The molecule has 8 heteroatoms. The van der Waals surface area contributed by atoms with Gasteiger partial charge in [0.05, 0.1) is 12.1 Å². The van der Waals surface area contributed by atoms with Crippen molar-refractivity contribution in [1.82, 2.24) is 5.01 Å². The van der Waals surface area contributed by atoms with Crippen molar-refractivity contribution in [3.05, 3.63) is 35.4 Å². The zero-order valence-electron chi connectivity index (χ0n) is 10.7. The van der Waals surface area contributed by atoms with E-state index in [4.69, 9.17) is 5.11 Å². The predicted molar refractivity (Wildman–Crippen MR) is 66.3 cm³/mol. The van der Waals surface area contributed by atoms with E-state index in [-0.39, 0.29) is 30.7 Å². The van der Waals surface area contributed by atoms with E-state index in [9.17, 15) is 22.8 Å². The van der Waals surface area contributed by atoms with Crippen LogP contribution in [-0.2, 0) is 22.3 Å². The van der Waals surface area contributed by atoms with E-state index >= 15 is 0 Å². The SMILES string of the molecule is O=C(O)C1=NN(Cc2cccc(C(F)(F)F)c2)C(=O)CC1. The lowest BCUT2D eigenvalue weighted by atomic mass is 10.1. The number of carbonyl (C=O) groups is 2. The van der Waals surface area contributed by atoms with Crippen LogP contribution in [-0.4, -0.2) is 27.7 Å². The summed E-state index contributed by atoms with van der Waals surface area (Å²) in [5, 5.41) is 13.4. The summed E-state index contributed by atoms with van der Waals surface area (Å²) in [5.41, 5.74) is -0.776. The van der Waals surface area contributed by atoms with Crippen LogP contribution in [0.2, 0.25) is 0 Å². The molecule has 1 N–H and O–H groups in total.